The molecule has 1 aliphatic carbocycles. The molecule has 1 N–H and O–H groups in total. The third-order valence-corrected chi connectivity index (χ3v) is 2.13. The van der Waals surface area contributed by atoms with Crippen molar-refractivity contribution >= 4 is 5.97 Å². The maximum atomic E-state index is 10.3. The molecule has 0 amide bonds. The molecular weight excluding hydrogens is 128 g/mol. The van der Waals surface area contributed by atoms with E-state index >= 15 is 0 Å². The summed E-state index contributed by atoms with van der Waals surface area (Å²) in [6, 6.07) is 0. The molecule has 0 heterocycles. The predicted octanol–water partition coefficient (Wildman–Crippen LogP) is 1.90. The second-order valence-electron chi connectivity index (χ2n) is 3.26. The van der Waals surface area contributed by atoms with E-state index < -0.39 is 5.97 Å². The zero-order valence-electron chi connectivity index (χ0n) is 6.34. The minimum absolute atomic E-state index is 0.138. The average molecular weight is 142 g/mol. The lowest BCUT2D eigenvalue weighted by atomic mass is 10.0. The molecule has 1 unspecified atom stereocenters. The molecule has 0 aromatic rings. The lowest BCUT2D eigenvalue weighted by Gasteiger charge is -2.02. The molecule has 1 rings (SSSR count). The normalized spacial score (nSPS) is 20.5. The summed E-state index contributed by atoms with van der Waals surface area (Å²) >= 11 is 0. The number of carbonyl (C=O) groups is 1. The average Bonchev–Trinajstić information content (AvgIpc) is 2.64. The Morgan fingerprint density at radius 2 is 2.30 bits per heavy atom. The number of carboxylic acids is 1. The maximum Gasteiger partial charge on any atom is 0.306 e. The van der Waals surface area contributed by atoms with Gasteiger partial charge in [0, 0.05) is 0 Å². The fourth-order valence-corrected chi connectivity index (χ4v) is 1.02. The Morgan fingerprint density at radius 3 is 2.70 bits per heavy atom. The van der Waals surface area contributed by atoms with Crippen LogP contribution in [0.15, 0.2) is 0 Å². The van der Waals surface area contributed by atoms with Gasteiger partial charge in [0.2, 0.25) is 0 Å². The van der Waals surface area contributed by atoms with Gasteiger partial charge in [0.25, 0.3) is 0 Å². The lowest BCUT2D eigenvalue weighted by molar-refractivity contribution is -0.141. The first-order valence-corrected chi connectivity index (χ1v) is 3.93. The number of rotatable bonds is 4. The van der Waals surface area contributed by atoms with Gasteiger partial charge in [-0.05, 0) is 18.8 Å². The van der Waals surface area contributed by atoms with Crippen LogP contribution in [0.5, 0.6) is 0 Å². The van der Waals surface area contributed by atoms with Crippen LogP contribution < -0.4 is 0 Å². The number of hydrogen-bond donors (Lipinski definition) is 1. The summed E-state index contributed by atoms with van der Waals surface area (Å²) in [4.78, 5) is 10.3. The molecule has 2 heteroatoms. The second kappa shape index (κ2) is 3.04. The molecule has 1 atom stereocenters. The molecule has 1 aliphatic rings. The third-order valence-electron chi connectivity index (χ3n) is 2.13. The lowest BCUT2D eigenvalue weighted by Crippen LogP contribution is -2.09. The maximum absolute atomic E-state index is 10.3. The van der Waals surface area contributed by atoms with Crippen LogP contribution in [0, 0.1) is 11.8 Å². The molecule has 1 saturated carbocycles. The monoisotopic (exact) mass is 142 g/mol. The Hall–Kier alpha value is -0.530. The van der Waals surface area contributed by atoms with E-state index in [1.165, 1.54) is 12.8 Å². The van der Waals surface area contributed by atoms with Gasteiger partial charge in [-0.1, -0.05) is 19.8 Å². The number of hydrogen-bond acceptors (Lipinski definition) is 1. The Kier molecular flexibility index (Phi) is 2.30. The minimum Gasteiger partial charge on any atom is -0.481 e. The summed E-state index contributed by atoms with van der Waals surface area (Å²) in [5.74, 6) is 0.0723. The Labute approximate surface area is 61.2 Å². The molecule has 0 spiro atoms. The van der Waals surface area contributed by atoms with Crippen LogP contribution in [0.1, 0.15) is 32.6 Å². The standard InChI is InChI=1S/C8H14O2/c1-6(8(9)10)2-3-7-4-5-7/h6-7H,2-5H2,1H3,(H,9,10). The SMILES string of the molecule is CC(CCC1CC1)C(=O)O. The van der Waals surface area contributed by atoms with Crippen molar-refractivity contribution in [1.82, 2.24) is 0 Å². The molecule has 0 radical (unpaired) electrons. The minimum atomic E-state index is -0.652. The van der Waals surface area contributed by atoms with E-state index in [2.05, 4.69) is 0 Å². The molecular formula is C8H14O2. The first-order chi connectivity index (χ1) is 4.70. The predicted molar refractivity (Wildman–Crippen MR) is 38.8 cm³/mol. The molecule has 0 aromatic heterocycles. The highest BCUT2D eigenvalue weighted by atomic mass is 16.4. The van der Waals surface area contributed by atoms with Gasteiger partial charge in [-0.2, -0.15) is 0 Å². The van der Waals surface area contributed by atoms with Crippen molar-refractivity contribution in [1.29, 1.82) is 0 Å². The first kappa shape index (κ1) is 7.58. The highest BCUT2D eigenvalue weighted by Crippen LogP contribution is 2.34. The van der Waals surface area contributed by atoms with E-state index in [1.54, 1.807) is 6.92 Å². The Bertz CT molecular complexity index is 127. The van der Waals surface area contributed by atoms with Gasteiger partial charge in [0.05, 0.1) is 5.92 Å². The quantitative estimate of drug-likeness (QED) is 0.650. The summed E-state index contributed by atoms with van der Waals surface area (Å²) < 4.78 is 0. The molecule has 0 bridgehead atoms. The van der Waals surface area contributed by atoms with Gasteiger partial charge >= 0.3 is 5.97 Å². The van der Waals surface area contributed by atoms with Gasteiger partial charge in [-0.25, -0.2) is 0 Å². The van der Waals surface area contributed by atoms with Crippen molar-refractivity contribution in [3.05, 3.63) is 0 Å². The summed E-state index contributed by atoms with van der Waals surface area (Å²) in [5, 5.41) is 8.52. The number of aliphatic carboxylic acids is 1. The molecule has 2 nitrogen and oxygen atoms in total. The molecule has 0 aliphatic heterocycles. The number of carboxylic acid groups (broad SMARTS) is 1. The van der Waals surface area contributed by atoms with Crippen LogP contribution in [0.3, 0.4) is 0 Å². The van der Waals surface area contributed by atoms with Crippen LogP contribution in [-0.4, -0.2) is 11.1 Å². The van der Waals surface area contributed by atoms with Crippen LogP contribution in [0.25, 0.3) is 0 Å². The fourth-order valence-electron chi connectivity index (χ4n) is 1.02. The van der Waals surface area contributed by atoms with Crippen LogP contribution in [0.2, 0.25) is 0 Å². The summed E-state index contributed by atoms with van der Waals surface area (Å²) in [6.45, 7) is 1.78. The summed E-state index contributed by atoms with van der Waals surface area (Å²) in [6.07, 6.45) is 4.63. The Balaban J connectivity index is 2.05. The van der Waals surface area contributed by atoms with Crippen molar-refractivity contribution in [2.45, 2.75) is 32.6 Å². The van der Waals surface area contributed by atoms with Crippen molar-refractivity contribution < 1.29 is 9.90 Å². The fraction of sp³-hybridized carbons (Fsp3) is 0.875. The highest BCUT2D eigenvalue weighted by molar-refractivity contribution is 5.69. The zero-order chi connectivity index (χ0) is 7.56. The van der Waals surface area contributed by atoms with E-state index in [0.717, 1.165) is 18.8 Å². The smallest absolute Gasteiger partial charge is 0.306 e. The molecule has 0 aromatic carbocycles. The topological polar surface area (TPSA) is 37.3 Å². The van der Waals surface area contributed by atoms with Crippen molar-refractivity contribution in [3.8, 4) is 0 Å². The van der Waals surface area contributed by atoms with Crippen LogP contribution >= 0.6 is 0 Å². The third kappa shape index (κ3) is 2.38. The summed E-state index contributed by atoms with van der Waals surface area (Å²) in [7, 11) is 0. The van der Waals surface area contributed by atoms with Gasteiger partial charge in [-0.3, -0.25) is 4.79 Å². The highest BCUT2D eigenvalue weighted by Gasteiger charge is 2.22. The van der Waals surface area contributed by atoms with E-state index in [-0.39, 0.29) is 5.92 Å². The molecule has 1 fully saturated rings. The van der Waals surface area contributed by atoms with Crippen molar-refractivity contribution in [2.24, 2.45) is 11.8 Å². The largest absolute Gasteiger partial charge is 0.481 e. The first-order valence-electron chi connectivity index (χ1n) is 3.93. The van der Waals surface area contributed by atoms with Gasteiger partial charge in [0.1, 0.15) is 0 Å². The van der Waals surface area contributed by atoms with E-state index in [1.807, 2.05) is 0 Å². The molecule has 10 heavy (non-hydrogen) atoms. The van der Waals surface area contributed by atoms with E-state index in [4.69, 9.17) is 5.11 Å². The Morgan fingerprint density at radius 1 is 1.70 bits per heavy atom. The van der Waals surface area contributed by atoms with Gasteiger partial charge in [0.15, 0.2) is 0 Å². The second-order valence-corrected chi connectivity index (χ2v) is 3.26. The van der Waals surface area contributed by atoms with Gasteiger partial charge in [-0.15, -0.1) is 0 Å². The van der Waals surface area contributed by atoms with Crippen molar-refractivity contribution in [2.75, 3.05) is 0 Å². The van der Waals surface area contributed by atoms with Gasteiger partial charge < -0.3 is 5.11 Å². The molecule has 58 valence electrons. The zero-order valence-corrected chi connectivity index (χ0v) is 6.34. The van der Waals surface area contributed by atoms with E-state index in [0.29, 0.717) is 0 Å². The van der Waals surface area contributed by atoms with E-state index in [9.17, 15) is 4.79 Å². The van der Waals surface area contributed by atoms with Crippen LogP contribution in [-0.2, 0) is 4.79 Å². The molecule has 0 saturated heterocycles. The van der Waals surface area contributed by atoms with Crippen molar-refractivity contribution in [3.63, 3.8) is 0 Å². The summed E-state index contributed by atoms with van der Waals surface area (Å²) in [5.41, 5.74) is 0. The van der Waals surface area contributed by atoms with Crippen LogP contribution in [0.4, 0.5) is 0 Å².